The Morgan fingerprint density at radius 3 is 2.76 bits per heavy atom. The molecule has 2 rings (SSSR count). The van der Waals surface area contributed by atoms with E-state index < -0.39 is 5.97 Å². The number of hydrogen-bond donors (Lipinski definition) is 0. The summed E-state index contributed by atoms with van der Waals surface area (Å²) in [6, 6.07) is 0. The van der Waals surface area contributed by atoms with Gasteiger partial charge in [0.25, 0.3) is 0 Å². The van der Waals surface area contributed by atoms with Crippen molar-refractivity contribution in [2.45, 2.75) is 11.8 Å². The maximum Gasteiger partial charge on any atom is 0.359 e. The number of esters is 1. The van der Waals surface area contributed by atoms with Gasteiger partial charge in [0.15, 0.2) is 0 Å². The fourth-order valence-electron chi connectivity index (χ4n) is 2.12. The molecule has 21 heavy (non-hydrogen) atoms. The van der Waals surface area contributed by atoms with Crippen LogP contribution >= 0.6 is 11.8 Å². The van der Waals surface area contributed by atoms with Gasteiger partial charge in [0.05, 0.1) is 17.5 Å². The third kappa shape index (κ3) is 3.59. The van der Waals surface area contributed by atoms with E-state index in [0.717, 1.165) is 11.4 Å². The number of nitrogens with zero attached hydrogens (tertiary/aromatic N) is 3. The van der Waals surface area contributed by atoms with Crippen LogP contribution in [0.5, 0.6) is 0 Å². The highest BCUT2D eigenvalue weighted by Crippen LogP contribution is 2.37. The molecule has 1 saturated heterocycles. The van der Waals surface area contributed by atoms with Gasteiger partial charge in [-0.15, -0.1) is 11.8 Å². The predicted molar refractivity (Wildman–Crippen MR) is 82.2 cm³/mol. The average Bonchev–Trinajstić information content (AvgIpc) is 2.40. The molecule has 0 aromatic carbocycles. The van der Waals surface area contributed by atoms with Crippen molar-refractivity contribution < 1.29 is 14.3 Å². The van der Waals surface area contributed by atoms with Gasteiger partial charge in [0.2, 0.25) is 5.91 Å². The first kappa shape index (κ1) is 15.9. The molecule has 0 saturated carbocycles. The maximum atomic E-state index is 12.2. The molecule has 0 unspecified atom stereocenters. The number of hydrogen-bond acceptors (Lipinski definition) is 6. The van der Waals surface area contributed by atoms with E-state index in [2.05, 4.69) is 0 Å². The molecule has 2 aliphatic rings. The minimum atomic E-state index is -0.466. The third-order valence-electron chi connectivity index (χ3n) is 3.29. The number of β-lactam (4-membered cyclic amide) rings is 1. The van der Waals surface area contributed by atoms with Crippen molar-refractivity contribution in [1.82, 2.24) is 14.7 Å². The first-order valence-corrected chi connectivity index (χ1v) is 7.81. The number of likely N-dealkylation sites (N-methyl/N-ethyl adjacent to an activating group) is 2. The summed E-state index contributed by atoms with van der Waals surface area (Å²) in [6.07, 6.45) is 3.73. The van der Waals surface area contributed by atoms with Crippen LogP contribution < -0.4 is 0 Å². The second-order valence-corrected chi connectivity index (χ2v) is 6.70. The lowest BCUT2D eigenvalue weighted by molar-refractivity contribution is -0.146. The van der Waals surface area contributed by atoms with Gasteiger partial charge in [-0.05, 0) is 20.2 Å². The van der Waals surface area contributed by atoms with Crippen LogP contribution in [0.1, 0.15) is 6.42 Å². The Bertz CT molecular complexity index is 500. The molecular weight excluding hydrogens is 290 g/mol. The molecule has 0 radical (unpaired) electrons. The van der Waals surface area contributed by atoms with Crippen LogP contribution in [0.3, 0.4) is 0 Å². The lowest BCUT2D eigenvalue weighted by Gasteiger charge is -2.42. The first-order chi connectivity index (χ1) is 9.90. The molecule has 1 atom stereocenters. The van der Waals surface area contributed by atoms with Crippen molar-refractivity contribution in [3.63, 3.8) is 0 Å². The Morgan fingerprint density at radius 1 is 1.48 bits per heavy atom. The molecular formula is C14H21N3O3S. The van der Waals surface area contributed by atoms with E-state index in [4.69, 9.17) is 4.74 Å². The van der Waals surface area contributed by atoms with Gasteiger partial charge in [-0.3, -0.25) is 9.69 Å². The number of thioether (sulfide) groups is 1. The second-order valence-electron chi connectivity index (χ2n) is 5.49. The minimum absolute atomic E-state index is 0.0134. The van der Waals surface area contributed by atoms with Gasteiger partial charge in [-0.1, -0.05) is 0 Å². The van der Waals surface area contributed by atoms with Crippen LogP contribution in [0.2, 0.25) is 0 Å². The lowest BCUT2D eigenvalue weighted by Crippen LogP contribution is -2.53. The average molecular weight is 311 g/mol. The quantitative estimate of drug-likeness (QED) is 0.423. The van der Waals surface area contributed by atoms with E-state index in [1.54, 1.807) is 17.8 Å². The SMILES string of the molecule is CN(C)CC(=COC(=O)C1=CCS[C@@H]2CC(=O)N12)N(C)C. The van der Waals surface area contributed by atoms with Crippen LogP contribution in [-0.2, 0) is 14.3 Å². The second kappa shape index (κ2) is 6.53. The van der Waals surface area contributed by atoms with Crippen molar-refractivity contribution >= 4 is 23.6 Å². The normalized spacial score (nSPS) is 21.7. The zero-order valence-electron chi connectivity index (χ0n) is 12.8. The lowest BCUT2D eigenvalue weighted by atomic mass is 10.1. The number of ether oxygens (including phenoxy) is 1. The molecule has 0 aromatic rings. The maximum absolute atomic E-state index is 12.2. The van der Waals surface area contributed by atoms with Gasteiger partial charge < -0.3 is 14.5 Å². The standard InChI is InChI=1S/C14H21N3O3S/c1-15(2)8-10(16(3)4)9-20-14(19)11-5-6-21-13-7-12(18)17(11)13/h5,9,13H,6-8H2,1-4H3/t13-/m1/s1. The highest BCUT2D eigenvalue weighted by Gasteiger charge is 2.43. The first-order valence-electron chi connectivity index (χ1n) is 6.76. The summed E-state index contributed by atoms with van der Waals surface area (Å²) >= 11 is 1.67. The van der Waals surface area contributed by atoms with Gasteiger partial charge in [0.1, 0.15) is 12.0 Å². The molecule has 0 aliphatic carbocycles. The largest absolute Gasteiger partial charge is 0.428 e. The zero-order chi connectivity index (χ0) is 15.6. The monoisotopic (exact) mass is 311 g/mol. The molecule has 2 heterocycles. The van der Waals surface area contributed by atoms with Gasteiger partial charge in [0, 0.05) is 26.4 Å². The van der Waals surface area contributed by atoms with Crippen molar-refractivity contribution in [3.8, 4) is 0 Å². The number of rotatable bonds is 5. The van der Waals surface area contributed by atoms with Crippen LogP contribution in [0.15, 0.2) is 23.7 Å². The van der Waals surface area contributed by atoms with Crippen molar-refractivity contribution in [2.75, 3.05) is 40.5 Å². The van der Waals surface area contributed by atoms with E-state index in [-0.39, 0.29) is 11.3 Å². The topological polar surface area (TPSA) is 53.1 Å². The van der Waals surface area contributed by atoms with Crippen LogP contribution in [-0.4, -0.2) is 72.4 Å². The Kier molecular flexibility index (Phi) is 4.95. The predicted octanol–water partition coefficient (Wildman–Crippen LogP) is 0.683. The Labute approximate surface area is 129 Å². The highest BCUT2D eigenvalue weighted by molar-refractivity contribution is 8.00. The van der Waals surface area contributed by atoms with Crippen LogP contribution in [0.4, 0.5) is 0 Å². The minimum Gasteiger partial charge on any atom is -0.428 e. The van der Waals surface area contributed by atoms with E-state index in [9.17, 15) is 9.59 Å². The van der Waals surface area contributed by atoms with E-state index in [1.165, 1.54) is 11.2 Å². The molecule has 0 N–H and O–H groups in total. The summed E-state index contributed by atoms with van der Waals surface area (Å²) < 4.78 is 5.27. The van der Waals surface area contributed by atoms with Gasteiger partial charge in [-0.2, -0.15) is 0 Å². The Morgan fingerprint density at radius 2 is 2.19 bits per heavy atom. The molecule has 6 nitrogen and oxygen atoms in total. The van der Waals surface area contributed by atoms with Crippen molar-refractivity contribution in [1.29, 1.82) is 0 Å². The Hall–Kier alpha value is -1.47. The molecule has 0 bridgehead atoms. The van der Waals surface area contributed by atoms with E-state index in [0.29, 0.717) is 18.7 Å². The van der Waals surface area contributed by atoms with Crippen molar-refractivity contribution in [2.24, 2.45) is 0 Å². The fraction of sp³-hybridized carbons (Fsp3) is 0.571. The number of carbonyl (C=O) groups is 2. The molecule has 1 amide bonds. The number of fused-ring (bicyclic) bond motifs is 1. The number of carbonyl (C=O) groups excluding carboxylic acids is 2. The molecule has 0 aromatic heterocycles. The van der Waals surface area contributed by atoms with E-state index in [1.807, 2.05) is 38.0 Å². The molecule has 7 heteroatoms. The number of amides is 1. The summed E-state index contributed by atoms with van der Waals surface area (Å²) in [4.78, 5) is 29.2. The van der Waals surface area contributed by atoms with Gasteiger partial charge in [-0.25, -0.2) is 4.79 Å². The Balaban J connectivity index is 2.03. The van der Waals surface area contributed by atoms with Crippen LogP contribution in [0, 0.1) is 0 Å². The smallest absolute Gasteiger partial charge is 0.359 e. The van der Waals surface area contributed by atoms with E-state index >= 15 is 0 Å². The summed E-state index contributed by atoms with van der Waals surface area (Å²) in [6.45, 7) is 0.667. The summed E-state index contributed by atoms with van der Waals surface area (Å²) in [5.41, 5.74) is 1.25. The molecule has 0 spiro atoms. The molecule has 116 valence electrons. The van der Waals surface area contributed by atoms with Gasteiger partial charge >= 0.3 is 5.97 Å². The molecule has 1 fully saturated rings. The summed E-state index contributed by atoms with van der Waals surface area (Å²) in [5.74, 6) is 0.257. The summed E-state index contributed by atoms with van der Waals surface area (Å²) in [7, 11) is 7.69. The molecule has 2 aliphatic heterocycles. The highest BCUT2D eigenvalue weighted by atomic mass is 32.2. The fourth-order valence-corrected chi connectivity index (χ4v) is 3.24. The summed E-state index contributed by atoms with van der Waals surface area (Å²) in [5, 5.41) is 0.101. The third-order valence-corrected chi connectivity index (χ3v) is 4.42. The van der Waals surface area contributed by atoms with Crippen molar-refractivity contribution in [3.05, 3.63) is 23.7 Å². The zero-order valence-corrected chi connectivity index (χ0v) is 13.6. The van der Waals surface area contributed by atoms with Crippen LogP contribution in [0.25, 0.3) is 0 Å².